The van der Waals surface area contributed by atoms with E-state index in [1.54, 1.807) is 30.5 Å². The minimum atomic E-state index is -4.37. The molecular weight excluding hydrogens is 516 g/mol. The normalized spacial score (nSPS) is 13.0. The van der Waals surface area contributed by atoms with Crippen LogP contribution in [0.15, 0.2) is 29.4 Å². The Morgan fingerprint density at radius 2 is 1.47 bits per heavy atom. The van der Waals surface area contributed by atoms with Crippen LogP contribution < -0.4 is 0 Å². The lowest BCUT2D eigenvalue weighted by Gasteiger charge is -2.12. The highest BCUT2D eigenvalue weighted by molar-refractivity contribution is 7.86. The van der Waals surface area contributed by atoms with Gasteiger partial charge in [-0.3, -0.25) is 9.65 Å². The van der Waals surface area contributed by atoms with Gasteiger partial charge in [0.1, 0.15) is 5.25 Å². The molecule has 1 atom stereocenters. The molecule has 1 aromatic carbocycles. The van der Waals surface area contributed by atoms with Crippen molar-refractivity contribution >= 4 is 40.2 Å². The predicted molar refractivity (Wildman–Crippen MR) is 151 cm³/mol. The summed E-state index contributed by atoms with van der Waals surface area (Å²) in [5.41, 5.74) is 0.767. The number of benzene rings is 1. The fourth-order valence-corrected chi connectivity index (χ4v) is 5.43. The van der Waals surface area contributed by atoms with Crippen molar-refractivity contribution in [3.63, 3.8) is 0 Å². The molecular formula is C26H41ClN4O3S2. The third-order valence-corrected chi connectivity index (χ3v) is 8.02. The van der Waals surface area contributed by atoms with E-state index in [9.17, 15) is 13.0 Å². The first-order valence-electron chi connectivity index (χ1n) is 13.3. The summed E-state index contributed by atoms with van der Waals surface area (Å²) in [5.74, 6) is 0.0856. The lowest BCUT2D eigenvalue weighted by Crippen LogP contribution is -2.16. The first-order valence-corrected chi connectivity index (χ1v) is 15.6. The van der Waals surface area contributed by atoms with Gasteiger partial charge >= 0.3 is 0 Å². The van der Waals surface area contributed by atoms with E-state index in [0.29, 0.717) is 11.4 Å². The van der Waals surface area contributed by atoms with Crippen molar-refractivity contribution in [1.82, 2.24) is 14.9 Å². The molecule has 0 radical (unpaired) electrons. The maximum Gasteiger partial charge on any atom is 0.275 e. The number of unbranched alkanes of at least 4 members (excludes halogenated alkanes) is 13. The number of rotatable bonds is 19. The Morgan fingerprint density at radius 1 is 0.972 bits per heavy atom. The number of hydrogen-bond acceptors (Lipinski definition) is 5. The minimum Gasteiger partial charge on any atom is -0.285 e. The molecule has 0 aliphatic heterocycles. The summed E-state index contributed by atoms with van der Waals surface area (Å²) < 4.78 is 35.6. The van der Waals surface area contributed by atoms with Crippen LogP contribution >= 0.6 is 23.8 Å². The highest BCUT2D eigenvalue weighted by Gasteiger charge is 2.30. The number of H-pyrrole nitrogens is 1. The van der Waals surface area contributed by atoms with E-state index >= 15 is 0 Å². The monoisotopic (exact) mass is 556 g/mol. The zero-order chi connectivity index (χ0) is 26.2. The Bertz CT molecular complexity index is 1070. The maximum atomic E-state index is 12.2. The van der Waals surface area contributed by atoms with Crippen molar-refractivity contribution < 1.29 is 13.0 Å². The van der Waals surface area contributed by atoms with Gasteiger partial charge in [-0.05, 0) is 36.3 Å². The van der Waals surface area contributed by atoms with Crippen molar-refractivity contribution in [2.45, 2.75) is 108 Å². The quantitative estimate of drug-likeness (QED) is 0.0784. The number of aromatic amines is 1. The second-order valence-corrected chi connectivity index (χ2v) is 11.8. The molecule has 202 valence electrons. The van der Waals surface area contributed by atoms with Crippen LogP contribution in [0.3, 0.4) is 0 Å². The van der Waals surface area contributed by atoms with Gasteiger partial charge in [-0.15, -0.1) is 0 Å². The Balaban J connectivity index is 1.75. The Kier molecular flexibility index (Phi) is 14.5. The molecule has 0 aliphatic rings. The Labute approximate surface area is 226 Å². The van der Waals surface area contributed by atoms with Gasteiger partial charge in [-0.1, -0.05) is 121 Å². The Hall–Kier alpha value is -1.55. The van der Waals surface area contributed by atoms with Crippen LogP contribution in [0.1, 0.15) is 120 Å². The summed E-state index contributed by atoms with van der Waals surface area (Å²) >= 11 is 11.1. The van der Waals surface area contributed by atoms with E-state index in [2.05, 4.69) is 22.2 Å². The van der Waals surface area contributed by atoms with Crippen LogP contribution in [0.2, 0.25) is 5.02 Å². The molecule has 0 fully saturated rings. The van der Waals surface area contributed by atoms with E-state index in [0.717, 1.165) is 24.8 Å². The molecule has 2 aromatic rings. The van der Waals surface area contributed by atoms with Crippen molar-refractivity contribution in [1.29, 1.82) is 0 Å². The molecule has 1 aromatic heterocycles. The third kappa shape index (κ3) is 11.7. The van der Waals surface area contributed by atoms with E-state index in [-0.39, 0.29) is 17.0 Å². The molecule has 0 bridgehead atoms. The Morgan fingerprint density at radius 3 is 1.97 bits per heavy atom. The first-order chi connectivity index (χ1) is 17.3. The number of aromatic nitrogens is 3. The summed E-state index contributed by atoms with van der Waals surface area (Å²) in [4.78, 5) is 0. The van der Waals surface area contributed by atoms with Gasteiger partial charge in [0.15, 0.2) is 5.82 Å². The molecule has 2 rings (SSSR count). The molecule has 0 saturated heterocycles. The SMILES string of the molecule is CCCCCCCCCCCCCCCCC(c1n[nH]c(=S)n1/N=C/c1ccc(Cl)cc1)S(=O)(=O)O. The van der Waals surface area contributed by atoms with Crippen molar-refractivity contribution in [3.8, 4) is 0 Å². The number of halogens is 1. The molecule has 36 heavy (non-hydrogen) atoms. The topological polar surface area (TPSA) is 100 Å². The van der Waals surface area contributed by atoms with Crippen molar-refractivity contribution in [2.24, 2.45) is 5.10 Å². The van der Waals surface area contributed by atoms with E-state index in [4.69, 9.17) is 23.8 Å². The lowest BCUT2D eigenvalue weighted by atomic mass is 10.0. The van der Waals surface area contributed by atoms with Gasteiger partial charge < -0.3 is 0 Å². The molecule has 2 N–H and O–H groups in total. The van der Waals surface area contributed by atoms with Crippen LogP contribution in [0, 0.1) is 4.77 Å². The zero-order valence-corrected chi connectivity index (χ0v) is 23.8. The molecule has 1 heterocycles. The summed E-state index contributed by atoms with van der Waals surface area (Å²) in [5, 5.41) is 10.4. The van der Waals surface area contributed by atoms with Crippen LogP contribution in [0.4, 0.5) is 0 Å². The average Bonchev–Trinajstić information content (AvgIpc) is 3.20. The van der Waals surface area contributed by atoms with Gasteiger partial charge in [-0.25, -0.2) is 0 Å². The van der Waals surface area contributed by atoms with Gasteiger partial charge in [0.2, 0.25) is 4.77 Å². The molecule has 0 spiro atoms. The van der Waals surface area contributed by atoms with Gasteiger partial charge in [0.05, 0.1) is 6.21 Å². The van der Waals surface area contributed by atoms with Crippen LogP contribution in [0.25, 0.3) is 0 Å². The highest BCUT2D eigenvalue weighted by Crippen LogP contribution is 2.27. The highest BCUT2D eigenvalue weighted by atomic mass is 35.5. The molecule has 7 nitrogen and oxygen atoms in total. The fourth-order valence-electron chi connectivity index (χ4n) is 4.23. The largest absolute Gasteiger partial charge is 0.285 e. The summed E-state index contributed by atoms with van der Waals surface area (Å²) in [7, 11) is -4.37. The average molecular weight is 557 g/mol. The van der Waals surface area contributed by atoms with Crippen molar-refractivity contribution in [2.75, 3.05) is 0 Å². The number of nitrogens with one attached hydrogen (secondary N) is 1. The fraction of sp³-hybridized carbons (Fsp3) is 0.654. The second-order valence-electron chi connectivity index (χ2n) is 9.38. The molecule has 10 heteroatoms. The third-order valence-electron chi connectivity index (χ3n) is 6.34. The van der Waals surface area contributed by atoms with E-state index in [1.165, 1.54) is 68.9 Å². The first kappa shape index (κ1) is 30.7. The van der Waals surface area contributed by atoms with Crippen molar-refractivity contribution in [3.05, 3.63) is 45.4 Å². The second kappa shape index (κ2) is 17.1. The van der Waals surface area contributed by atoms with Crippen LogP contribution in [0.5, 0.6) is 0 Å². The molecule has 0 saturated carbocycles. The van der Waals surface area contributed by atoms with Gasteiger partial charge in [0, 0.05) is 5.02 Å². The van der Waals surface area contributed by atoms with E-state index < -0.39 is 15.4 Å². The zero-order valence-electron chi connectivity index (χ0n) is 21.4. The summed E-state index contributed by atoms with van der Waals surface area (Å²) in [6.07, 6.45) is 18.8. The number of hydrogen-bond donors (Lipinski definition) is 2. The standard InChI is InChI=1S/C26H41ClN4O3S2/c1-2-3-4-5-6-7-8-9-10-11-12-13-14-15-16-24(36(32,33)34)25-29-30-26(35)31(25)28-21-22-17-19-23(27)20-18-22/h17-21,24H,2-16H2,1H3,(H,30,35)(H,32,33,34)/b28-21+. The predicted octanol–water partition coefficient (Wildman–Crippen LogP) is 8.28. The van der Waals surface area contributed by atoms with Gasteiger partial charge in [0.25, 0.3) is 10.1 Å². The maximum absolute atomic E-state index is 12.2. The van der Waals surface area contributed by atoms with Crippen LogP contribution in [-0.2, 0) is 10.1 Å². The summed E-state index contributed by atoms with van der Waals surface area (Å²) in [6, 6.07) is 7.03. The number of nitrogens with zero attached hydrogens (tertiary/aromatic N) is 3. The smallest absolute Gasteiger partial charge is 0.275 e. The van der Waals surface area contributed by atoms with Crippen LogP contribution in [-0.4, -0.2) is 34.1 Å². The lowest BCUT2D eigenvalue weighted by molar-refractivity contribution is 0.451. The van der Waals surface area contributed by atoms with E-state index in [1.807, 2.05) is 0 Å². The minimum absolute atomic E-state index is 0.0856. The molecule has 1 unspecified atom stereocenters. The van der Waals surface area contributed by atoms with Gasteiger partial charge in [-0.2, -0.15) is 23.3 Å². The molecule has 0 amide bonds. The molecule has 0 aliphatic carbocycles. The summed E-state index contributed by atoms with van der Waals surface area (Å²) in [6.45, 7) is 2.25.